The van der Waals surface area contributed by atoms with Crippen LogP contribution in [-0.4, -0.2) is 25.6 Å². The number of nitrogens with zero attached hydrogens (tertiary/aromatic N) is 1. The van der Waals surface area contributed by atoms with Gasteiger partial charge in [-0.25, -0.2) is 13.6 Å². The van der Waals surface area contributed by atoms with Gasteiger partial charge in [-0.05, 0) is 6.92 Å². The highest BCUT2D eigenvalue weighted by atomic mass is 32.2. The molecule has 1 rings (SSSR count). The van der Waals surface area contributed by atoms with Gasteiger partial charge in [0, 0.05) is 24.2 Å². The molecule has 7 nitrogen and oxygen atoms in total. The fourth-order valence-electron chi connectivity index (χ4n) is 1.55. The van der Waals surface area contributed by atoms with Crippen LogP contribution in [0.3, 0.4) is 0 Å². The van der Waals surface area contributed by atoms with Crippen molar-refractivity contribution in [3.05, 3.63) is 39.9 Å². The van der Waals surface area contributed by atoms with E-state index in [1.165, 1.54) is 6.07 Å². The summed E-state index contributed by atoms with van der Waals surface area (Å²) in [6.45, 7) is 1.87. The Labute approximate surface area is 105 Å². The standard InChI is InChI=1S/C10H15N3O4S/c1-8(12-6-7-18(11,16)17)9-4-2-3-5-10(9)13(14)15/h2-5,8,12H,6-7H2,1H3,(H2,11,16,17). The van der Waals surface area contributed by atoms with E-state index in [-0.39, 0.29) is 24.0 Å². The predicted octanol–water partition coefficient (Wildman–Crippen LogP) is 0.534. The minimum absolute atomic E-state index is 0.00751. The first-order chi connectivity index (χ1) is 8.31. The molecule has 0 heterocycles. The number of para-hydroxylation sites is 1. The van der Waals surface area contributed by atoms with E-state index >= 15 is 0 Å². The molecule has 0 aromatic heterocycles. The average molecular weight is 273 g/mol. The summed E-state index contributed by atoms with van der Waals surface area (Å²) in [6, 6.07) is 5.99. The number of hydrogen-bond donors (Lipinski definition) is 2. The number of nitrogens with one attached hydrogen (secondary N) is 1. The summed E-state index contributed by atoms with van der Waals surface area (Å²) in [5.74, 6) is -0.210. The summed E-state index contributed by atoms with van der Waals surface area (Å²) in [7, 11) is -3.52. The Balaban J connectivity index is 2.73. The Morgan fingerprint density at radius 3 is 2.61 bits per heavy atom. The maximum absolute atomic E-state index is 10.8. The molecular weight excluding hydrogens is 258 g/mol. The number of benzene rings is 1. The number of nitrogens with two attached hydrogens (primary N) is 1. The fourth-order valence-corrected chi connectivity index (χ4v) is 1.95. The first kappa shape index (κ1) is 14.6. The van der Waals surface area contributed by atoms with Crippen molar-refractivity contribution in [1.29, 1.82) is 0 Å². The molecule has 0 aliphatic carbocycles. The smallest absolute Gasteiger partial charge is 0.274 e. The molecule has 0 fully saturated rings. The van der Waals surface area contributed by atoms with Gasteiger partial charge in [0.05, 0.1) is 10.7 Å². The van der Waals surface area contributed by atoms with Gasteiger partial charge in [0.25, 0.3) is 5.69 Å². The number of nitro benzene ring substituents is 1. The number of rotatable bonds is 6. The van der Waals surface area contributed by atoms with E-state index in [1.807, 2.05) is 0 Å². The summed E-state index contributed by atoms with van der Waals surface area (Å²) >= 11 is 0. The molecule has 0 radical (unpaired) electrons. The van der Waals surface area contributed by atoms with Gasteiger partial charge in [0.15, 0.2) is 0 Å². The van der Waals surface area contributed by atoms with E-state index in [2.05, 4.69) is 5.32 Å². The highest BCUT2D eigenvalue weighted by Crippen LogP contribution is 2.23. The quantitative estimate of drug-likeness (QED) is 0.579. The lowest BCUT2D eigenvalue weighted by atomic mass is 10.1. The van der Waals surface area contributed by atoms with Gasteiger partial charge >= 0.3 is 0 Å². The SMILES string of the molecule is CC(NCCS(N)(=O)=O)c1ccccc1[N+](=O)[O-]. The number of primary sulfonamides is 1. The summed E-state index contributed by atoms with van der Waals surface area (Å²) in [4.78, 5) is 10.4. The molecule has 0 spiro atoms. The largest absolute Gasteiger partial charge is 0.309 e. The highest BCUT2D eigenvalue weighted by molar-refractivity contribution is 7.89. The normalized spacial score (nSPS) is 13.2. The van der Waals surface area contributed by atoms with Crippen molar-refractivity contribution < 1.29 is 13.3 Å². The fraction of sp³-hybridized carbons (Fsp3) is 0.400. The predicted molar refractivity (Wildman–Crippen MR) is 67.5 cm³/mol. The molecule has 3 N–H and O–H groups in total. The highest BCUT2D eigenvalue weighted by Gasteiger charge is 2.17. The monoisotopic (exact) mass is 273 g/mol. The van der Waals surface area contributed by atoms with Crippen LogP contribution in [0, 0.1) is 10.1 Å². The molecule has 0 bridgehead atoms. The maximum Gasteiger partial charge on any atom is 0.274 e. The molecule has 1 aromatic rings. The summed E-state index contributed by atoms with van der Waals surface area (Å²) < 4.78 is 21.5. The molecular formula is C10H15N3O4S. The molecule has 1 unspecified atom stereocenters. The second-order valence-electron chi connectivity index (χ2n) is 3.86. The van der Waals surface area contributed by atoms with Crippen LogP contribution in [0.5, 0.6) is 0 Å². The van der Waals surface area contributed by atoms with E-state index in [1.54, 1.807) is 25.1 Å². The zero-order chi connectivity index (χ0) is 13.8. The van der Waals surface area contributed by atoms with E-state index in [0.29, 0.717) is 5.56 Å². The van der Waals surface area contributed by atoms with Gasteiger partial charge in [-0.1, -0.05) is 18.2 Å². The van der Waals surface area contributed by atoms with Crippen LogP contribution in [0.25, 0.3) is 0 Å². The molecule has 0 saturated carbocycles. The molecule has 0 aliphatic heterocycles. The van der Waals surface area contributed by atoms with Crippen molar-refractivity contribution in [2.24, 2.45) is 5.14 Å². The van der Waals surface area contributed by atoms with Crippen molar-refractivity contribution in [3.63, 3.8) is 0 Å². The van der Waals surface area contributed by atoms with E-state index in [4.69, 9.17) is 5.14 Å². The van der Waals surface area contributed by atoms with Gasteiger partial charge in [-0.2, -0.15) is 0 Å². The van der Waals surface area contributed by atoms with Gasteiger partial charge in [0.1, 0.15) is 0 Å². The zero-order valence-electron chi connectivity index (χ0n) is 9.87. The molecule has 0 saturated heterocycles. The van der Waals surface area contributed by atoms with Crippen LogP contribution in [0.15, 0.2) is 24.3 Å². The Kier molecular flexibility index (Phi) is 4.76. The van der Waals surface area contributed by atoms with E-state index in [9.17, 15) is 18.5 Å². The molecule has 0 aliphatic rings. The lowest BCUT2D eigenvalue weighted by molar-refractivity contribution is -0.385. The summed E-state index contributed by atoms with van der Waals surface area (Å²) in [5.41, 5.74) is 0.519. The van der Waals surface area contributed by atoms with Gasteiger partial charge in [-0.15, -0.1) is 0 Å². The lowest BCUT2D eigenvalue weighted by Gasteiger charge is -2.13. The third kappa shape index (κ3) is 4.40. The number of nitro groups is 1. The second kappa shape index (κ2) is 5.89. The van der Waals surface area contributed by atoms with Gasteiger partial charge < -0.3 is 5.32 Å². The molecule has 100 valence electrons. The van der Waals surface area contributed by atoms with Crippen LogP contribution < -0.4 is 10.5 Å². The third-order valence-corrected chi connectivity index (χ3v) is 3.21. The minimum Gasteiger partial charge on any atom is -0.309 e. The molecule has 8 heteroatoms. The van der Waals surface area contributed by atoms with Crippen LogP contribution >= 0.6 is 0 Å². The van der Waals surface area contributed by atoms with Crippen molar-refractivity contribution in [2.45, 2.75) is 13.0 Å². The third-order valence-electron chi connectivity index (χ3n) is 2.44. The van der Waals surface area contributed by atoms with Crippen molar-refractivity contribution in [3.8, 4) is 0 Å². The first-order valence-electron chi connectivity index (χ1n) is 5.28. The number of sulfonamides is 1. The van der Waals surface area contributed by atoms with Crippen molar-refractivity contribution in [1.82, 2.24) is 5.32 Å². The Morgan fingerprint density at radius 2 is 2.06 bits per heavy atom. The van der Waals surface area contributed by atoms with Gasteiger partial charge in [-0.3, -0.25) is 10.1 Å². The van der Waals surface area contributed by atoms with E-state index < -0.39 is 14.9 Å². The molecule has 18 heavy (non-hydrogen) atoms. The van der Waals surface area contributed by atoms with E-state index in [0.717, 1.165) is 0 Å². The van der Waals surface area contributed by atoms with Crippen LogP contribution in [0.4, 0.5) is 5.69 Å². The Morgan fingerprint density at radius 1 is 1.44 bits per heavy atom. The summed E-state index contributed by atoms with van der Waals surface area (Å²) in [5, 5.41) is 18.6. The van der Waals surface area contributed by atoms with Crippen LogP contribution in [-0.2, 0) is 10.0 Å². The maximum atomic E-state index is 10.8. The average Bonchev–Trinajstić information content (AvgIpc) is 2.27. The van der Waals surface area contributed by atoms with Gasteiger partial charge in [0.2, 0.25) is 10.0 Å². The second-order valence-corrected chi connectivity index (χ2v) is 5.59. The van der Waals surface area contributed by atoms with Crippen molar-refractivity contribution >= 4 is 15.7 Å². The topological polar surface area (TPSA) is 115 Å². The minimum atomic E-state index is -3.52. The van der Waals surface area contributed by atoms with Crippen LogP contribution in [0.1, 0.15) is 18.5 Å². The Bertz CT molecular complexity index is 530. The number of hydrogen-bond acceptors (Lipinski definition) is 5. The van der Waals surface area contributed by atoms with Crippen LogP contribution in [0.2, 0.25) is 0 Å². The summed E-state index contributed by atoms with van der Waals surface area (Å²) in [6.07, 6.45) is 0. The van der Waals surface area contributed by atoms with Crippen molar-refractivity contribution in [2.75, 3.05) is 12.3 Å². The first-order valence-corrected chi connectivity index (χ1v) is 7.00. The zero-order valence-corrected chi connectivity index (χ0v) is 10.7. The lowest BCUT2D eigenvalue weighted by Crippen LogP contribution is -2.29. The molecule has 0 amide bonds. The molecule has 1 atom stereocenters. The Hall–Kier alpha value is -1.51. The molecule has 1 aromatic carbocycles.